The molecule has 3 rings (SSSR count). The molecule has 1 unspecified atom stereocenters. The minimum Gasteiger partial charge on any atom is -0.375 e. The van der Waals surface area contributed by atoms with Gasteiger partial charge in [0.25, 0.3) is 0 Å². The number of hydrogen-bond acceptors (Lipinski definition) is 2. The molecular formula is C16H22BrIN4O. The normalized spacial score (nSPS) is 19.0. The molecule has 7 heteroatoms. The highest BCUT2D eigenvalue weighted by atomic mass is 127. The first-order chi connectivity index (χ1) is 10.6. The predicted molar refractivity (Wildman–Crippen MR) is 109 cm³/mol. The summed E-state index contributed by atoms with van der Waals surface area (Å²) in [6.07, 6.45) is 3.14. The van der Waals surface area contributed by atoms with Crippen molar-refractivity contribution in [1.82, 2.24) is 9.88 Å². The summed E-state index contributed by atoms with van der Waals surface area (Å²) in [6.45, 7) is 5.10. The minimum atomic E-state index is 0. The molecule has 2 aromatic rings. The Balaban J connectivity index is 0.00000192. The third-order valence-electron chi connectivity index (χ3n) is 3.95. The highest BCUT2D eigenvalue weighted by Gasteiger charge is 2.17. The van der Waals surface area contributed by atoms with Crippen LogP contribution in [0.3, 0.4) is 0 Å². The number of morpholine rings is 1. The van der Waals surface area contributed by atoms with Crippen molar-refractivity contribution in [3.63, 3.8) is 0 Å². The van der Waals surface area contributed by atoms with Gasteiger partial charge in [0.05, 0.1) is 12.7 Å². The topological polar surface area (TPSA) is 66.6 Å². The van der Waals surface area contributed by atoms with Crippen molar-refractivity contribution < 1.29 is 4.74 Å². The molecular weight excluding hydrogens is 471 g/mol. The van der Waals surface area contributed by atoms with E-state index >= 15 is 0 Å². The van der Waals surface area contributed by atoms with Gasteiger partial charge in [0.2, 0.25) is 0 Å². The van der Waals surface area contributed by atoms with Crippen molar-refractivity contribution >= 4 is 56.8 Å². The number of aromatic amines is 1. The summed E-state index contributed by atoms with van der Waals surface area (Å²) in [6, 6.07) is 6.26. The molecule has 2 heterocycles. The lowest BCUT2D eigenvalue weighted by Crippen LogP contribution is -2.47. The molecule has 1 aromatic heterocycles. The molecule has 1 fully saturated rings. The van der Waals surface area contributed by atoms with Gasteiger partial charge in [-0.3, -0.25) is 4.99 Å². The van der Waals surface area contributed by atoms with Crippen LogP contribution in [0.2, 0.25) is 0 Å². The highest BCUT2D eigenvalue weighted by molar-refractivity contribution is 14.0. The van der Waals surface area contributed by atoms with Crippen molar-refractivity contribution in [3.05, 3.63) is 34.4 Å². The van der Waals surface area contributed by atoms with Crippen molar-refractivity contribution in [2.24, 2.45) is 10.7 Å². The first kappa shape index (κ1) is 18.5. The summed E-state index contributed by atoms with van der Waals surface area (Å²) in [4.78, 5) is 9.92. The molecule has 5 nitrogen and oxygen atoms in total. The average Bonchev–Trinajstić information content (AvgIpc) is 2.89. The fourth-order valence-electron chi connectivity index (χ4n) is 2.77. The number of aromatic nitrogens is 1. The van der Waals surface area contributed by atoms with E-state index in [0.29, 0.717) is 19.1 Å². The molecule has 1 saturated heterocycles. The maximum absolute atomic E-state index is 6.09. The number of ether oxygens (including phenoxy) is 1. The monoisotopic (exact) mass is 492 g/mol. The van der Waals surface area contributed by atoms with E-state index in [2.05, 4.69) is 56.1 Å². The highest BCUT2D eigenvalue weighted by Crippen LogP contribution is 2.23. The third kappa shape index (κ3) is 4.60. The van der Waals surface area contributed by atoms with Crippen molar-refractivity contribution in [1.29, 1.82) is 0 Å². The molecule has 1 aliphatic heterocycles. The van der Waals surface area contributed by atoms with E-state index in [0.717, 1.165) is 29.5 Å². The summed E-state index contributed by atoms with van der Waals surface area (Å²) >= 11 is 3.52. The number of nitrogens with two attached hydrogens (primary N) is 1. The lowest BCUT2D eigenvalue weighted by atomic mass is 10.1. The van der Waals surface area contributed by atoms with E-state index in [1.165, 1.54) is 10.9 Å². The lowest BCUT2D eigenvalue weighted by Gasteiger charge is -2.31. The van der Waals surface area contributed by atoms with Gasteiger partial charge in [-0.15, -0.1) is 24.0 Å². The van der Waals surface area contributed by atoms with Gasteiger partial charge in [-0.05, 0) is 37.1 Å². The van der Waals surface area contributed by atoms with Gasteiger partial charge in [0.15, 0.2) is 5.96 Å². The maximum Gasteiger partial charge on any atom is 0.191 e. The second-order valence-corrected chi connectivity index (χ2v) is 6.54. The van der Waals surface area contributed by atoms with E-state index in [1.807, 2.05) is 6.07 Å². The van der Waals surface area contributed by atoms with E-state index in [4.69, 9.17) is 10.5 Å². The summed E-state index contributed by atoms with van der Waals surface area (Å²) in [5.74, 6) is 0.621. The molecule has 0 radical (unpaired) electrons. The van der Waals surface area contributed by atoms with Crippen LogP contribution in [0.15, 0.2) is 33.9 Å². The fourth-order valence-corrected chi connectivity index (χ4v) is 3.14. The Morgan fingerprint density at radius 1 is 1.52 bits per heavy atom. The maximum atomic E-state index is 6.09. The van der Waals surface area contributed by atoms with Gasteiger partial charge in [-0.1, -0.05) is 15.9 Å². The third-order valence-corrected chi connectivity index (χ3v) is 4.44. The van der Waals surface area contributed by atoms with E-state index in [-0.39, 0.29) is 30.1 Å². The molecule has 23 heavy (non-hydrogen) atoms. The Bertz CT molecular complexity index is 688. The van der Waals surface area contributed by atoms with Gasteiger partial charge in [0.1, 0.15) is 0 Å². The largest absolute Gasteiger partial charge is 0.375 e. The smallest absolute Gasteiger partial charge is 0.191 e. The number of guanidine groups is 1. The number of aliphatic imine (C=N–C) groups is 1. The zero-order valence-electron chi connectivity index (χ0n) is 13.1. The molecule has 0 spiro atoms. The van der Waals surface area contributed by atoms with Gasteiger partial charge < -0.3 is 20.4 Å². The zero-order valence-corrected chi connectivity index (χ0v) is 17.0. The van der Waals surface area contributed by atoms with Crippen molar-refractivity contribution in [3.8, 4) is 0 Å². The van der Waals surface area contributed by atoms with E-state index in [9.17, 15) is 0 Å². The molecule has 0 aliphatic carbocycles. The van der Waals surface area contributed by atoms with Crippen LogP contribution in [0, 0.1) is 0 Å². The van der Waals surface area contributed by atoms with Crippen LogP contribution >= 0.6 is 39.9 Å². The van der Waals surface area contributed by atoms with Crippen LogP contribution in [-0.4, -0.2) is 48.2 Å². The van der Waals surface area contributed by atoms with Gasteiger partial charge in [-0.2, -0.15) is 0 Å². The molecule has 0 bridgehead atoms. The first-order valence-electron chi connectivity index (χ1n) is 7.55. The van der Waals surface area contributed by atoms with E-state index in [1.54, 1.807) is 0 Å². The average molecular weight is 493 g/mol. The summed E-state index contributed by atoms with van der Waals surface area (Å²) in [5, 5.41) is 1.24. The summed E-state index contributed by atoms with van der Waals surface area (Å²) < 4.78 is 6.61. The van der Waals surface area contributed by atoms with Crippen LogP contribution in [-0.2, 0) is 11.2 Å². The second kappa shape index (κ2) is 8.34. The first-order valence-corrected chi connectivity index (χ1v) is 8.35. The Labute approximate surface area is 161 Å². The van der Waals surface area contributed by atoms with Crippen LogP contribution in [0.1, 0.15) is 12.5 Å². The molecule has 1 atom stereocenters. The van der Waals surface area contributed by atoms with Crippen molar-refractivity contribution in [2.45, 2.75) is 19.4 Å². The number of halogens is 2. The van der Waals surface area contributed by atoms with Gasteiger partial charge >= 0.3 is 0 Å². The minimum absolute atomic E-state index is 0. The van der Waals surface area contributed by atoms with E-state index < -0.39 is 0 Å². The van der Waals surface area contributed by atoms with Crippen LogP contribution in [0.5, 0.6) is 0 Å². The zero-order chi connectivity index (χ0) is 15.5. The Kier molecular flexibility index (Phi) is 6.72. The number of nitrogens with zero attached hydrogens (tertiary/aromatic N) is 2. The van der Waals surface area contributed by atoms with Crippen LogP contribution in [0.25, 0.3) is 10.9 Å². The standard InChI is InChI=1S/C16H21BrN4O.HI/c1-11-10-21(6-7-22-11)16(18)19-5-4-12-9-20-15-3-2-13(17)8-14(12)15;/h2-3,8-9,11,20H,4-7,10H2,1H3,(H2,18,19);1H. The number of hydrogen-bond donors (Lipinski definition) is 2. The molecule has 1 aliphatic rings. The van der Waals surface area contributed by atoms with Crippen LogP contribution < -0.4 is 5.73 Å². The molecule has 3 N–H and O–H groups in total. The number of rotatable bonds is 3. The van der Waals surface area contributed by atoms with Gasteiger partial charge in [-0.25, -0.2) is 0 Å². The number of fused-ring (bicyclic) bond motifs is 1. The summed E-state index contributed by atoms with van der Waals surface area (Å²) in [5.41, 5.74) is 8.51. The lowest BCUT2D eigenvalue weighted by molar-refractivity contribution is 0.00530. The number of benzene rings is 1. The Hall–Kier alpha value is -0.800. The quantitative estimate of drug-likeness (QED) is 0.393. The molecule has 126 valence electrons. The molecule has 1 aromatic carbocycles. The van der Waals surface area contributed by atoms with Crippen molar-refractivity contribution in [2.75, 3.05) is 26.2 Å². The Morgan fingerprint density at radius 3 is 3.13 bits per heavy atom. The Morgan fingerprint density at radius 2 is 2.35 bits per heavy atom. The fraction of sp³-hybridized carbons (Fsp3) is 0.438. The predicted octanol–water partition coefficient (Wildman–Crippen LogP) is 3.13. The van der Waals surface area contributed by atoms with Crippen LogP contribution in [0.4, 0.5) is 0 Å². The SMILES string of the molecule is CC1CN(C(N)=NCCc2c[nH]c3ccc(Br)cc23)CCO1.I. The number of nitrogens with one attached hydrogen (secondary N) is 1. The van der Waals surface area contributed by atoms with Gasteiger partial charge in [0, 0.05) is 41.2 Å². The molecule has 0 saturated carbocycles. The molecule has 0 amide bonds. The second-order valence-electron chi connectivity index (χ2n) is 5.62. The summed E-state index contributed by atoms with van der Waals surface area (Å²) in [7, 11) is 0. The number of H-pyrrole nitrogens is 1.